The number of carbonyl (C=O) groups is 1. The molecule has 4 nitrogen and oxygen atoms in total. The monoisotopic (exact) mass is 126 g/mol. The number of ether oxygens (including phenoxy) is 1. The van der Waals surface area contributed by atoms with Crippen LogP contribution in [0.15, 0.2) is 0 Å². The summed E-state index contributed by atoms with van der Waals surface area (Å²) in [5.41, 5.74) is -0.656. The maximum atomic E-state index is 10.3. The van der Waals surface area contributed by atoms with Crippen LogP contribution in [0.1, 0.15) is 6.92 Å². The fraction of sp³-hybridized carbons (Fsp3) is 0.400. The molecule has 48 valence electrons. The van der Waals surface area contributed by atoms with Crippen LogP contribution in [0.5, 0.6) is 0 Å². The number of nitrogens with zero attached hydrogens (tertiary/aromatic N) is 1. The van der Waals surface area contributed by atoms with E-state index >= 15 is 0 Å². The lowest BCUT2D eigenvalue weighted by Gasteiger charge is -1.93. The first-order valence-electron chi connectivity index (χ1n) is 2.38. The van der Waals surface area contributed by atoms with Gasteiger partial charge in [-0.3, -0.25) is 5.41 Å². The van der Waals surface area contributed by atoms with Crippen LogP contribution in [-0.2, 0) is 9.53 Å². The van der Waals surface area contributed by atoms with E-state index in [0.717, 1.165) is 0 Å². The molecule has 0 radical (unpaired) electrons. The predicted molar refractivity (Wildman–Crippen MR) is 30.0 cm³/mol. The van der Waals surface area contributed by atoms with Gasteiger partial charge in [-0.2, -0.15) is 5.26 Å². The zero-order valence-corrected chi connectivity index (χ0v) is 4.97. The third-order valence-electron chi connectivity index (χ3n) is 0.591. The summed E-state index contributed by atoms with van der Waals surface area (Å²) in [5.74, 6) is -0.861. The first-order chi connectivity index (χ1) is 4.22. The molecule has 0 saturated heterocycles. The second-order valence-electron chi connectivity index (χ2n) is 1.21. The molecule has 0 bridgehead atoms. The molecule has 9 heavy (non-hydrogen) atoms. The van der Waals surface area contributed by atoms with Gasteiger partial charge in [0.1, 0.15) is 6.07 Å². The zero-order valence-electron chi connectivity index (χ0n) is 4.97. The van der Waals surface area contributed by atoms with Crippen molar-refractivity contribution in [1.29, 1.82) is 10.7 Å². The van der Waals surface area contributed by atoms with Gasteiger partial charge in [-0.05, 0) is 6.92 Å². The van der Waals surface area contributed by atoms with Gasteiger partial charge in [0.25, 0.3) is 0 Å². The molecule has 0 amide bonds. The number of rotatable bonds is 2. The molecule has 0 heterocycles. The highest BCUT2D eigenvalue weighted by Gasteiger charge is 2.06. The maximum Gasteiger partial charge on any atom is 0.367 e. The maximum absolute atomic E-state index is 10.3. The Labute approximate surface area is 52.6 Å². The van der Waals surface area contributed by atoms with Gasteiger partial charge in [-0.25, -0.2) is 4.79 Å². The molecule has 0 unspecified atom stereocenters. The minimum Gasteiger partial charge on any atom is -0.461 e. The van der Waals surface area contributed by atoms with E-state index in [2.05, 4.69) is 4.74 Å². The van der Waals surface area contributed by atoms with E-state index in [9.17, 15) is 4.79 Å². The van der Waals surface area contributed by atoms with Crippen LogP contribution in [0.3, 0.4) is 0 Å². The Bertz CT molecular complexity index is 168. The number of hydrogen-bond acceptors (Lipinski definition) is 4. The molecule has 0 aromatic heterocycles. The van der Waals surface area contributed by atoms with Crippen molar-refractivity contribution in [1.82, 2.24) is 0 Å². The van der Waals surface area contributed by atoms with Crippen LogP contribution in [-0.4, -0.2) is 18.3 Å². The van der Waals surface area contributed by atoms with Crippen molar-refractivity contribution >= 4 is 11.7 Å². The molecular formula is C5H6N2O2. The highest BCUT2D eigenvalue weighted by Crippen LogP contribution is 1.78. The lowest BCUT2D eigenvalue weighted by Crippen LogP contribution is -2.13. The van der Waals surface area contributed by atoms with Gasteiger partial charge in [0, 0.05) is 0 Å². The molecule has 0 atom stereocenters. The van der Waals surface area contributed by atoms with Gasteiger partial charge in [0.15, 0.2) is 0 Å². The Morgan fingerprint density at radius 2 is 2.44 bits per heavy atom. The average Bonchev–Trinajstić information content (AvgIpc) is 1.87. The van der Waals surface area contributed by atoms with Crippen LogP contribution < -0.4 is 0 Å². The third kappa shape index (κ3) is 2.44. The van der Waals surface area contributed by atoms with E-state index in [1.165, 1.54) is 6.07 Å². The van der Waals surface area contributed by atoms with E-state index < -0.39 is 11.7 Å². The number of nitrogens with one attached hydrogen (secondary N) is 1. The Morgan fingerprint density at radius 1 is 1.89 bits per heavy atom. The van der Waals surface area contributed by atoms with E-state index in [4.69, 9.17) is 10.7 Å². The molecule has 0 aliphatic heterocycles. The van der Waals surface area contributed by atoms with Crippen molar-refractivity contribution in [2.75, 3.05) is 6.61 Å². The van der Waals surface area contributed by atoms with E-state index in [-0.39, 0.29) is 6.61 Å². The molecule has 0 spiro atoms. The smallest absolute Gasteiger partial charge is 0.367 e. The molecule has 0 saturated carbocycles. The number of hydrogen-bond donors (Lipinski definition) is 1. The summed E-state index contributed by atoms with van der Waals surface area (Å²) in [6, 6.07) is 1.36. The van der Waals surface area contributed by atoms with Crippen molar-refractivity contribution in [2.24, 2.45) is 0 Å². The van der Waals surface area contributed by atoms with Gasteiger partial charge < -0.3 is 4.74 Å². The lowest BCUT2D eigenvalue weighted by molar-refractivity contribution is -0.134. The zero-order chi connectivity index (χ0) is 7.28. The molecular weight excluding hydrogens is 120 g/mol. The Kier molecular flexibility index (Phi) is 3.06. The average molecular weight is 126 g/mol. The van der Waals surface area contributed by atoms with Gasteiger partial charge in [0.2, 0.25) is 5.71 Å². The van der Waals surface area contributed by atoms with Crippen LogP contribution in [0.2, 0.25) is 0 Å². The summed E-state index contributed by atoms with van der Waals surface area (Å²) in [4.78, 5) is 10.3. The summed E-state index contributed by atoms with van der Waals surface area (Å²) >= 11 is 0. The van der Waals surface area contributed by atoms with Crippen LogP contribution in [0.25, 0.3) is 0 Å². The molecule has 0 fully saturated rings. The summed E-state index contributed by atoms with van der Waals surface area (Å²) in [5, 5.41) is 14.6. The fourth-order valence-corrected chi connectivity index (χ4v) is 0.249. The minimum atomic E-state index is -0.861. The molecule has 0 aromatic rings. The first-order valence-corrected chi connectivity index (χ1v) is 2.38. The number of carbonyl (C=O) groups excluding carboxylic acids is 1. The molecule has 1 N–H and O–H groups in total. The predicted octanol–water partition coefficient (Wildman–Crippen LogP) is 0.0929. The molecule has 0 aliphatic carbocycles. The van der Waals surface area contributed by atoms with Crippen molar-refractivity contribution in [3.63, 3.8) is 0 Å². The molecule has 0 aliphatic rings. The van der Waals surface area contributed by atoms with Crippen molar-refractivity contribution in [3.8, 4) is 6.07 Å². The molecule has 4 heteroatoms. The van der Waals surface area contributed by atoms with Crippen molar-refractivity contribution < 1.29 is 9.53 Å². The van der Waals surface area contributed by atoms with E-state index in [0.29, 0.717) is 0 Å². The SMILES string of the molecule is CCOC(=O)C(=N)C#N. The molecule has 0 rings (SSSR count). The first kappa shape index (κ1) is 7.63. The fourth-order valence-electron chi connectivity index (χ4n) is 0.249. The summed E-state index contributed by atoms with van der Waals surface area (Å²) in [7, 11) is 0. The summed E-state index contributed by atoms with van der Waals surface area (Å²) < 4.78 is 4.31. The quantitative estimate of drug-likeness (QED) is 0.421. The standard InChI is InChI=1S/C5H6N2O2/c1-2-9-5(8)4(7)3-6/h7H,2H2,1H3. The van der Waals surface area contributed by atoms with Gasteiger partial charge in [0.05, 0.1) is 6.61 Å². The largest absolute Gasteiger partial charge is 0.461 e. The van der Waals surface area contributed by atoms with E-state index in [1.54, 1.807) is 6.92 Å². The highest BCUT2D eigenvalue weighted by molar-refractivity contribution is 6.41. The van der Waals surface area contributed by atoms with E-state index in [1.807, 2.05) is 0 Å². The minimum absolute atomic E-state index is 0.197. The Morgan fingerprint density at radius 3 is 2.78 bits per heavy atom. The number of esters is 1. The Balaban J connectivity index is 3.78. The molecule has 0 aromatic carbocycles. The Hall–Kier alpha value is -1.37. The highest BCUT2D eigenvalue weighted by atomic mass is 16.5. The second-order valence-corrected chi connectivity index (χ2v) is 1.21. The number of nitriles is 1. The van der Waals surface area contributed by atoms with Crippen LogP contribution in [0.4, 0.5) is 0 Å². The van der Waals surface area contributed by atoms with Gasteiger partial charge in [-0.1, -0.05) is 0 Å². The topological polar surface area (TPSA) is 73.9 Å². The summed E-state index contributed by atoms with van der Waals surface area (Å²) in [6.07, 6.45) is 0. The third-order valence-corrected chi connectivity index (χ3v) is 0.591. The van der Waals surface area contributed by atoms with Gasteiger partial charge >= 0.3 is 5.97 Å². The van der Waals surface area contributed by atoms with Crippen molar-refractivity contribution in [2.45, 2.75) is 6.92 Å². The van der Waals surface area contributed by atoms with Crippen molar-refractivity contribution in [3.05, 3.63) is 0 Å². The van der Waals surface area contributed by atoms with Crippen LogP contribution in [0, 0.1) is 16.7 Å². The van der Waals surface area contributed by atoms with Gasteiger partial charge in [-0.15, -0.1) is 0 Å². The lowest BCUT2D eigenvalue weighted by atomic mass is 10.4. The second kappa shape index (κ2) is 3.61. The van der Waals surface area contributed by atoms with Crippen LogP contribution >= 0.6 is 0 Å². The normalized spacial score (nSPS) is 7.56. The summed E-state index contributed by atoms with van der Waals surface area (Å²) in [6.45, 7) is 1.81.